The molecule has 3 aromatic rings. The van der Waals surface area contributed by atoms with E-state index in [1.807, 2.05) is 36.4 Å². The minimum absolute atomic E-state index is 0.0648. The number of benzene rings is 3. The van der Waals surface area contributed by atoms with E-state index >= 15 is 4.39 Å². The van der Waals surface area contributed by atoms with Crippen LogP contribution in [0.5, 0.6) is 11.5 Å². The molecule has 174 valence electrons. The van der Waals surface area contributed by atoms with Crippen molar-refractivity contribution in [2.24, 2.45) is 0 Å². The monoisotopic (exact) mass is 486 g/mol. The van der Waals surface area contributed by atoms with Gasteiger partial charge in [-0.1, -0.05) is 18.2 Å². The van der Waals surface area contributed by atoms with E-state index in [1.165, 1.54) is 6.07 Å². The molecule has 1 aliphatic heterocycles. The normalized spacial score (nSPS) is 14.5. The molecule has 7 nitrogen and oxygen atoms in total. The first-order valence-electron chi connectivity index (χ1n) is 10.4. The van der Waals surface area contributed by atoms with Crippen LogP contribution in [-0.2, 0) is 9.59 Å². The average molecular weight is 487 g/mol. The molecule has 2 amide bonds. The topological polar surface area (TPSA) is 85.7 Å². The molecule has 1 aliphatic rings. The van der Waals surface area contributed by atoms with Crippen LogP contribution in [0.15, 0.2) is 72.3 Å². The molecule has 9 heteroatoms. The number of anilines is 2. The van der Waals surface area contributed by atoms with Crippen molar-refractivity contribution in [3.05, 3.63) is 89.2 Å². The Kier molecular flexibility index (Phi) is 6.57. The molecule has 0 saturated carbocycles. The Morgan fingerprint density at radius 1 is 1.03 bits per heavy atom. The molecule has 4 rings (SSSR count). The van der Waals surface area contributed by atoms with Crippen LogP contribution in [0.1, 0.15) is 11.1 Å². The van der Waals surface area contributed by atoms with Crippen LogP contribution >= 0.6 is 12.2 Å². The highest BCUT2D eigenvalue weighted by molar-refractivity contribution is 7.80. The predicted octanol–water partition coefficient (Wildman–Crippen LogP) is 4.39. The molecule has 0 aromatic heterocycles. The molecular weight excluding hydrogens is 467 g/mol. The smallest absolute Gasteiger partial charge is 0.270 e. The van der Waals surface area contributed by atoms with Gasteiger partial charge in [0.25, 0.3) is 11.8 Å². The van der Waals surface area contributed by atoms with Gasteiger partial charge in [-0.05, 0) is 66.8 Å². The molecule has 0 aliphatic carbocycles. The molecule has 0 bridgehead atoms. The van der Waals surface area contributed by atoms with Gasteiger partial charge in [0.05, 0.1) is 11.4 Å². The van der Waals surface area contributed by atoms with Crippen LogP contribution in [0, 0.1) is 17.1 Å². The quantitative estimate of drug-likeness (QED) is 0.327. The van der Waals surface area contributed by atoms with Gasteiger partial charge in [0.2, 0.25) is 0 Å². The first kappa shape index (κ1) is 23.6. The second kappa shape index (κ2) is 9.75. The van der Waals surface area contributed by atoms with Crippen molar-refractivity contribution in [2.75, 3.05) is 23.9 Å². The number of carbonyl (C=O) groups excluding carboxylic acids is 2. The molecule has 35 heavy (non-hydrogen) atoms. The molecule has 0 unspecified atom stereocenters. The molecular formula is C26H19FN4O3S. The Balaban J connectivity index is 1.65. The summed E-state index contributed by atoms with van der Waals surface area (Å²) < 4.78 is 20.8. The number of hydrogen-bond acceptors (Lipinski definition) is 6. The summed E-state index contributed by atoms with van der Waals surface area (Å²) in [5.41, 5.74) is 0.211. The van der Waals surface area contributed by atoms with Gasteiger partial charge in [-0.15, -0.1) is 0 Å². The second-order valence-electron chi connectivity index (χ2n) is 7.74. The average Bonchev–Trinajstić information content (AvgIpc) is 2.84. The standard InChI is InChI=1S/C26H19FN4O3S/c1-30(2)22-13-8-16(23(27)21(22)15-28)14-20-24(32)29-26(35)31(25(20)33)17-9-11-19(12-10-17)34-18-6-4-3-5-7-18/h3-14H,1-2H3,(H,29,32,35). The van der Waals surface area contributed by atoms with Crippen LogP contribution < -0.4 is 19.9 Å². The summed E-state index contributed by atoms with van der Waals surface area (Å²) in [6.07, 6.45) is 1.12. The summed E-state index contributed by atoms with van der Waals surface area (Å²) in [7, 11) is 3.36. The lowest BCUT2D eigenvalue weighted by Gasteiger charge is -2.29. The number of amides is 2. The third-order valence-corrected chi connectivity index (χ3v) is 5.50. The summed E-state index contributed by atoms with van der Waals surface area (Å²) in [5.74, 6) is -1.10. The van der Waals surface area contributed by atoms with Crippen molar-refractivity contribution in [2.45, 2.75) is 0 Å². The summed E-state index contributed by atoms with van der Waals surface area (Å²) in [6.45, 7) is 0. The van der Waals surface area contributed by atoms with Gasteiger partial charge in [0, 0.05) is 19.7 Å². The molecule has 0 atom stereocenters. The van der Waals surface area contributed by atoms with Gasteiger partial charge in [0.15, 0.2) is 5.11 Å². The largest absolute Gasteiger partial charge is 0.457 e. The predicted molar refractivity (Wildman–Crippen MR) is 135 cm³/mol. The Hall–Kier alpha value is -4.55. The Morgan fingerprint density at radius 2 is 1.69 bits per heavy atom. The molecule has 1 fully saturated rings. The second-order valence-corrected chi connectivity index (χ2v) is 8.12. The van der Waals surface area contributed by atoms with E-state index in [9.17, 15) is 14.9 Å². The minimum atomic E-state index is -0.825. The first-order chi connectivity index (χ1) is 16.8. The van der Waals surface area contributed by atoms with Crippen molar-refractivity contribution in [3.63, 3.8) is 0 Å². The highest BCUT2D eigenvalue weighted by atomic mass is 32.1. The van der Waals surface area contributed by atoms with Crippen LogP contribution in [0.3, 0.4) is 0 Å². The number of nitrogens with zero attached hydrogens (tertiary/aromatic N) is 3. The zero-order chi connectivity index (χ0) is 25.1. The number of nitriles is 1. The Morgan fingerprint density at radius 3 is 2.31 bits per heavy atom. The van der Waals surface area contributed by atoms with E-state index in [0.29, 0.717) is 22.9 Å². The van der Waals surface area contributed by atoms with Crippen molar-refractivity contribution < 1.29 is 18.7 Å². The minimum Gasteiger partial charge on any atom is -0.457 e. The molecule has 0 radical (unpaired) electrons. The maximum atomic E-state index is 15.0. The molecule has 1 saturated heterocycles. The van der Waals surface area contributed by atoms with Gasteiger partial charge in [-0.3, -0.25) is 19.8 Å². The molecule has 1 N–H and O–H groups in total. The fourth-order valence-corrected chi connectivity index (χ4v) is 3.79. The van der Waals surface area contributed by atoms with E-state index in [2.05, 4.69) is 5.32 Å². The van der Waals surface area contributed by atoms with Gasteiger partial charge in [-0.2, -0.15) is 5.26 Å². The fourth-order valence-electron chi connectivity index (χ4n) is 3.51. The highest BCUT2D eigenvalue weighted by Crippen LogP contribution is 2.29. The van der Waals surface area contributed by atoms with Crippen molar-refractivity contribution >= 4 is 46.6 Å². The number of ether oxygens (including phenoxy) is 1. The maximum Gasteiger partial charge on any atom is 0.270 e. The first-order valence-corrected chi connectivity index (χ1v) is 10.9. The number of rotatable bonds is 5. The summed E-state index contributed by atoms with van der Waals surface area (Å²) in [4.78, 5) is 28.6. The molecule has 3 aromatic carbocycles. The third kappa shape index (κ3) is 4.74. The maximum absolute atomic E-state index is 15.0. The number of halogens is 1. The zero-order valence-corrected chi connectivity index (χ0v) is 19.6. The van der Waals surface area contributed by atoms with Crippen molar-refractivity contribution in [1.29, 1.82) is 5.26 Å². The SMILES string of the molecule is CN(C)c1ccc(C=C2C(=O)NC(=S)N(c3ccc(Oc4ccccc4)cc3)C2=O)c(F)c1C#N. The summed E-state index contributed by atoms with van der Waals surface area (Å²) in [5, 5.41) is 11.8. The fraction of sp³-hybridized carbons (Fsp3) is 0.0769. The van der Waals surface area contributed by atoms with Crippen LogP contribution in [0.25, 0.3) is 6.08 Å². The van der Waals surface area contributed by atoms with E-state index in [-0.39, 0.29) is 21.8 Å². The van der Waals surface area contributed by atoms with Gasteiger partial charge >= 0.3 is 0 Å². The molecule has 1 heterocycles. The summed E-state index contributed by atoms with van der Waals surface area (Å²) in [6, 6.07) is 20.6. The lowest BCUT2D eigenvalue weighted by Crippen LogP contribution is -2.54. The van der Waals surface area contributed by atoms with Crippen molar-refractivity contribution in [1.82, 2.24) is 5.32 Å². The van der Waals surface area contributed by atoms with Crippen molar-refractivity contribution in [3.8, 4) is 17.6 Å². The Bertz CT molecular complexity index is 1400. The van der Waals surface area contributed by atoms with Gasteiger partial charge in [0.1, 0.15) is 34.5 Å². The van der Waals surface area contributed by atoms with E-state index in [0.717, 1.165) is 11.0 Å². The number of para-hydroxylation sites is 1. The number of thiocarbonyl (C=S) groups is 1. The van der Waals surface area contributed by atoms with Crippen LogP contribution in [-0.4, -0.2) is 31.0 Å². The van der Waals surface area contributed by atoms with Crippen LogP contribution in [0.2, 0.25) is 0 Å². The van der Waals surface area contributed by atoms with Crippen LogP contribution in [0.4, 0.5) is 15.8 Å². The number of nitrogens with one attached hydrogen (secondary N) is 1. The Labute approximate surface area is 206 Å². The number of hydrogen-bond donors (Lipinski definition) is 1. The summed E-state index contributed by atoms with van der Waals surface area (Å²) >= 11 is 5.22. The zero-order valence-electron chi connectivity index (χ0n) is 18.8. The lowest BCUT2D eigenvalue weighted by atomic mass is 10.0. The van der Waals surface area contributed by atoms with E-state index in [4.69, 9.17) is 17.0 Å². The van der Waals surface area contributed by atoms with E-state index in [1.54, 1.807) is 49.3 Å². The van der Waals surface area contributed by atoms with Gasteiger partial charge < -0.3 is 9.64 Å². The molecule has 0 spiro atoms. The highest BCUT2D eigenvalue weighted by Gasteiger charge is 2.35. The number of carbonyl (C=O) groups is 2. The third-order valence-electron chi connectivity index (χ3n) is 5.22. The lowest BCUT2D eigenvalue weighted by molar-refractivity contribution is -0.122. The van der Waals surface area contributed by atoms with E-state index < -0.39 is 17.6 Å². The van der Waals surface area contributed by atoms with Gasteiger partial charge in [-0.25, -0.2) is 4.39 Å².